The molecule has 2 N–H and O–H groups in total. The van der Waals surface area contributed by atoms with Gasteiger partial charge in [-0.15, -0.1) is 0 Å². The van der Waals surface area contributed by atoms with Gasteiger partial charge in [-0.05, 0) is 12.1 Å². The number of carbonyl (C=O) groups excluding carboxylic acids is 2. The first kappa shape index (κ1) is 12.5. The monoisotopic (exact) mass is 274 g/mol. The van der Waals surface area contributed by atoms with Crippen molar-refractivity contribution in [3.63, 3.8) is 0 Å². The van der Waals surface area contributed by atoms with E-state index in [-0.39, 0.29) is 24.2 Å². The van der Waals surface area contributed by atoms with Crippen LogP contribution in [0.4, 0.5) is 5.95 Å². The van der Waals surface area contributed by atoms with Gasteiger partial charge in [0.25, 0.3) is 5.91 Å². The molecule has 1 aromatic heterocycles. The number of benzene rings is 1. The highest BCUT2D eigenvalue weighted by Crippen LogP contribution is 2.31. The van der Waals surface area contributed by atoms with Gasteiger partial charge in [0, 0.05) is 13.1 Å². The van der Waals surface area contributed by atoms with E-state index < -0.39 is 6.04 Å². The predicted molar refractivity (Wildman–Crippen MR) is 72.1 cm³/mol. The molecule has 2 heterocycles. The SMILES string of the molecule is COc1ccc2c(c1)nc(N)n2C1CC(=O)N(C)C1=O. The number of nitrogens with two attached hydrogens (primary N) is 1. The number of hydrogen-bond acceptors (Lipinski definition) is 5. The topological polar surface area (TPSA) is 90.4 Å². The molecule has 1 fully saturated rings. The number of rotatable bonds is 2. The lowest BCUT2D eigenvalue weighted by molar-refractivity contribution is -0.137. The van der Waals surface area contributed by atoms with E-state index in [2.05, 4.69) is 4.98 Å². The Morgan fingerprint density at radius 1 is 1.40 bits per heavy atom. The third kappa shape index (κ3) is 1.63. The number of anilines is 1. The van der Waals surface area contributed by atoms with Crippen molar-refractivity contribution in [3.05, 3.63) is 18.2 Å². The Labute approximate surface area is 114 Å². The molecule has 7 nitrogen and oxygen atoms in total. The predicted octanol–water partition coefficient (Wildman–Crippen LogP) is 0.557. The van der Waals surface area contributed by atoms with Gasteiger partial charge in [0.15, 0.2) is 0 Å². The van der Waals surface area contributed by atoms with Crippen LogP contribution in [0.25, 0.3) is 11.0 Å². The number of carbonyl (C=O) groups is 2. The first-order valence-corrected chi connectivity index (χ1v) is 6.14. The standard InChI is InChI=1S/C13H14N4O3/c1-16-11(18)6-10(12(16)19)17-9-4-3-7(20-2)5-8(9)15-13(17)14/h3-5,10H,6H2,1-2H3,(H2,14,15). The molecule has 0 aliphatic carbocycles. The van der Waals surface area contributed by atoms with Crippen molar-refractivity contribution >= 4 is 28.8 Å². The zero-order valence-electron chi connectivity index (χ0n) is 11.2. The number of hydrogen-bond donors (Lipinski definition) is 1. The van der Waals surface area contributed by atoms with Crippen molar-refractivity contribution in [1.82, 2.24) is 14.5 Å². The van der Waals surface area contributed by atoms with Gasteiger partial charge >= 0.3 is 0 Å². The molecular formula is C13H14N4O3. The highest BCUT2D eigenvalue weighted by atomic mass is 16.5. The number of fused-ring (bicyclic) bond motifs is 1. The third-order valence-electron chi connectivity index (χ3n) is 3.59. The van der Waals surface area contributed by atoms with E-state index >= 15 is 0 Å². The summed E-state index contributed by atoms with van der Waals surface area (Å²) in [7, 11) is 3.04. The van der Waals surface area contributed by atoms with E-state index in [1.807, 2.05) is 0 Å². The molecule has 0 spiro atoms. The van der Waals surface area contributed by atoms with Gasteiger partial charge < -0.3 is 10.5 Å². The summed E-state index contributed by atoms with van der Waals surface area (Å²) < 4.78 is 6.74. The summed E-state index contributed by atoms with van der Waals surface area (Å²) in [6.07, 6.45) is 0.108. The van der Waals surface area contributed by atoms with Crippen LogP contribution in [0, 0.1) is 0 Å². The maximum atomic E-state index is 12.1. The maximum absolute atomic E-state index is 12.1. The Balaban J connectivity index is 2.15. The van der Waals surface area contributed by atoms with Crippen molar-refractivity contribution in [2.24, 2.45) is 0 Å². The average Bonchev–Trinajstić information content (AvgIpc) is 2.88. The minimum Gasteiger partial charge on any atom is -0.497 e. The zero-order valence-corrected chi connectivity index (χ0v) is 11.2. The summed E-state index contributed by atoms with van der Waals surface area (Å²) in [5.74, 6) is 0.398. The number of ether oxygens (including phenoxy) is 1. The summed E-state index contributed by atoms with van der Waals surface area (Å²) in [4.78, 5) is 29.1. The molecule has 0 bridgehead atoms. The number of likely N-dealkylation sites (N-methyl/N-ethyl adjacent to an activating group) is 1. The summed E-state index contributed by atoms with van der Waals surface area (Å²) in [6, 6.07) is 4.68. The number of nitrogens with zero attached hydrogens (tertiary/aromatic N) is 3. The van der Waals surface area contributed by atoms with Crippen LogP contribution in [0.1, 0.15) is 12.5 Å². The second-order valence-electron chi connectivity index (χ2n) is 4.71. The molecule has 7 heteroatoms. The van der Waals surface area contributed by atoms with Gasteiger partial charge in [-0.3, -0.25) is 19.1 Å². The minimum atomic E-state index is -0.620. The van der Waals surface area contributed by atoms with Crippen LogP contribution >= 0.6 is 0 Å². The molecule has 1 atom stereocenters. The number of likely N-dealkylation sites (tertiary alicyclic amines) is 1. The number of aromatic nitrogens is 2. The largest absolute Gasteiger partial charge is 0.497 e. The molecule has 104 valence electrons. The van der Waals surface area contributed by atoms with E-state index in [0.29, 0.717) is 16.8 Å². The molecule has 1 aliphatic rings. The number of amides is 2. The number of nitrogen functional groups attached to an aromatic ring is 1. The van der Waals surface area contributed by atoms with Crippen molar-refractivity contribution < 1.29 is 14.3 Å². The number of methoxy groups -OCH3 is 1. The van der Waals surface area contributed by atoms with Crippen LogP contribution in [-0.2, 0) is 9.59 Å². The van der Waals surface area contributed by atoms with Gasteiger partial charge in [0.2, 0.25) is 11.9 Å². The normalized spacial score (nSPS) is 19.1. The molecule has 1 saturated heterocycles. The smallest absolute Gasteiger partial charge is 0.252 e. The lowest BCUT2D eigenvalue weighted by Gasteiger charge is -2.13. The zero-order chi connectivity index (χ0) is 14.4. The lowest BCUT2D eigenvalue weighted by Crippen LogP contribution is -2.27. The second-order valence-corrected chi connectivity index (χ2v) is 4.71. The van der Waals surface area contributed by atoms with E-state index in [1.54, 1.807) is 29.9 Å². The molecular weight excluding hydrogens is 260 g/mol. The Hall–Kier alpha value is -2.57. The fourth-order valence-electron chi connectivity index (χ4n) is 2.49. The van der Waals surface area contributed by atoms with Crippen molar-refractivity contribution in [1.29, 1.82) is 0 Å². The average molecular weight is 274 g/mol. The fourth-order valence-corrected chi connectivity index (χ4v) is 2.49. The van der Waals surface area contributed by atoms with E-state index in [0.717, 1.165) is 4.90 Å². The van der Waals surface area contributed by atoms with Crippen molar-refractivity contribution in [2.75, 3.05) is 19.9 Å². The molecule has 0 saturated carbocycles. The highest BCUT2D eigenvalue weighted by Gasteiger charge is 2.38. The van der Waals surface area contributed by atoms with Crippen molar-refractivity contribution in [3.8, 4) is 5.75 Å². The summed E-state index contributed by atoms with van der Waals surface area (Å²) >= 11 is 0. The van der Waals surface area contributed by atoms with Gasteiger partial charge in [-0.1, -0.05) is 0 Å². The summed E-state index contributed by atoms with van der Waals surface area (Å²) in [6.45, 7) is 0. The first-order valence-electron chi connectivity index (χ1n) is 6.14. The quantitative estimate of drug-likeness (QED) is 0.808. The number of imidazole rings is 1. The molecule has 3 rings (SSSR count). The lowest BCUT2D eigenvalue weighted by atomic mass is 10.2. The Kier molecular flexibility index (Phi) is 2.63. The van der Waals surface area contributed by atoms with Gasteiger partial charge in [-0.2, -0.15) is 0 Å². The second kappa shape index (κ2) is 4.22. The van der Waals surface area contributed by atoms with E-state index in [1.165, 1.54) is 7.05 Å². The molecule has 1 aromatic carbocycles. The van der Waals surface area contributed by atoms with Crippen LogP contribution < -0.4 is 10.5 Å². The first-order chi connectivity index (χ1) is 9.52. The molecule has 1 unspecified atom stereocenters. The van der Waals surface area contributed by atoms with Crippen LogP contribution in [0.2, 0.25) is 0 Å². The molecule has 2 aromatic rings. The van der Waals surface area contributed by atoms with E-state index in [4.69, 9.17) is 10.5 Å². The number of imide groups is 1. The summed E-state index contributed by atoms with van der Waals surface area (Å²) in [5.41, 5.74) is 7.26. The van der Waals surface area contributed by atoms with Crippen LogP contribution in [0.15, 0.2) is 18.2 Å². The van der Waals surface area contributed by atoms with E-state index in [9.17, 15) is 9.59 Å². The van der Waals surface area contributed by atoms with Crippen LogP contribution in [0.3, 0.4) is 0 Å². The minimum absolute atomic E-state index is 0.108. The van der Waals surface area contributed by atoms with Crippen molar-refractivity contribution in [2.45, 2.75) is 12.5 Å². The van der Waals surface area contributed by atoms with Crippen LogP contribution in [-0.4, -0.2) is 40.4 Å². The fraction of sp³-hybridized carbons (Fsp3) is 0.308. The Morgan fingerprint density at radius 2 is 2.15 bits per heavy atom. The Morgan fingerprint density at radius 3 is 2.75 bits per heavy atom. The molecule has 0 radical (unpaired) electrons. The molecule has 2 amide bonds. The maximum Gasteiger partial charge on any atom is 0.252 e. The van der Waals surface area contributed by atoms with Gasteiger partial charge in [0.1, 0.15) is 11.8 Å². The summed E-state index contributed by atoms with van der Waals surface area (Å²) in [5, 5.41) is 0. The van der Waals surface area contributed by atoms with Crippen LogP contribution in [0.5, 0.6) is 5.75 Å². The van der Waals surface area contributed by atoms with Gasteiger partial charge in [0.05, 0.1) is 24.6 Å². The molecule has 20 heavy (non-hydrogen) atoms. The highest BCUT2D eigenvalue weighted by molar-refractivity contribution is 6.05. The third-order valence-corrected chi connectivity index (χ3v) is 3.59. The van der Waals surface area contributed by atoms with Gasteiger partial charge in [-0.25, -0.2) is 4.98 Å². The molecule has 1 aliphatic heterocycles. The Bertz CT molecular complexity index is 722.